The van der Waals surface area contributed by atoms with Crippen LogP contribution in [-0.2, 0) is 30.4 Å². The van der Waals surface area contributed by atoms with Crippen molar-refractivity contribution in [2.24, 2.45) is 11.7 Å². The van der Waals surface area contributed by atoms with Gasteiger partial charge in [0, 0.05) is 18.3 Å². The van der Waals surface area contributed by atoms with Crippen molar-refractivity contribution in [3.05, 3.63) is 18.2 Å². The summed E-state index contributed by atoms with van der Waals surface area (Å²) in [5.41, 5.74) is 6.39. The first kappa shape index (κ1) is 25.6. The molecular weight excluding hydrogens is 412 g/mol. The van der Waals surface area contributed by atoms with Gasteiger partial charge in [-0.05, 0) is 5.92 Å². The summed E-state index contributed by atoms with van der Waals surface area (Å²) in [6.07, 6.45) is 2.70. The lowest BCUT2D eigenvalue weighted by Crippen LogP contribution is -2.58. The molecule has 0 aromatic carbocycles. The number of aliphatic carboxylic acids is 2. The number of hydrogen-bond acceptors (Lipinski definition) is 7. The normalized spacial score (nSPS) is 14.5. The molecule has 13 nitrogen and oxygen atoms in total. The quantitative estimate of drug-likeness (QED) is 0.180. The van der Waals surface area contributed by atoms with Crippen LogP contribution in [0.1, 0.15) is 32.4 Å². The third-order valence-electron chi connectivity index (χ3n) is 4.55. The molecule has 8 N–H and O–H groups in total. The second kappa shape index (κ2) is 12.3. The molecule has 13 heteroatoms. The van der Waals surface area contributed by atoms with Crippen LogP contribution in [0.3, 0.4) is 0 Å². The van der Waals surface area contributed by atoms with E-state index in [1.807, 2.05) is 0 Å². The van der Waals surface area contributed by atoms with Crippen molar-refractivity contribution >= 4 is 29.7 Å². The predicted octanol–water partition coefficient (Wildman–Crippen LogP) is -2.03. The Morgan fingerprint density at radius 1 is 1.10 bits per heavy atom. The van der Waals surface area contributed by atoms with Crippen LogP contribution in [0, 0.1) is 5.92 Å². The third kappa shape index (κ3) is 8.82. The van der Waals surface area contributed by atoms with Crippen LogP contribution < -0.4 is 21.7 Å². The van der Waals surface area contributed by atoms with Crippen LogP contribution in [-0.4, -0.2) is 74.5 Å². The average Bonchev–Trinajstić information content (AvgIpc) is 3.21. The highest BCUT2D eigenvalue weighted by Gasteiger charge is 2.32. The molecule has 0 bridgehead atoms. The first-order valence-electron chi connectivity index (χ1n) is 9.60. The lowest BCUT2D eigenvalue weighted by molar-refractivity contribution is -0.142. The highest BCUT2D eigenvalue weighted by Crippen LogP contribution is 2.09. The molecule has 1 heterocycles. The van der Waals surface area contributed by atoms with E-state index in [0.29, 0.717) is 12.1 Å². The van der Waals surface area contributed by atoms with Crippen molar-refractivity contribution in [3.63, 3.8) is 0 Å². The zero-order valence-corrected chi connectivity index (χ0v) is 17.3. The van der Waals surface area contributed by atoms with Crippen molar-refractivity contribution in [2.75, 3.05) is 6.54 Å². The molecule has 1 rings (SSSR count). The smallest absolute Gasteiger partial charge is 0.322 e. The number of rotatable bonds is 13. The molecule has 0 aliphatic carbocycles. The van der Waals surface area contributed by atoms with E-state index in [1.54, 1.807) is 13.8 Å². The van der Waals surface area contributed by atoms with Gasteiger partial charge in [-0.2, -0.15) is 0 Å². The van der Waals surface area contributed by atoms with E-state index in [0.717, 1.165) is 0 Å². The van der Waals surface area contributed by atoms with Crippen LogP contribution in [0.2, 0.25) is 0 Å². The molecule has 0 aliphatic heterocycles. The van der Waals surface area contributed by atoms with E-state index < -0.39 is 60.8 Å². The summed E-state index contributed by atoms with van der Waals surface area (Å²) in [7, 11) is 0. The van der Waals surface area contributed by atoms with Crippen molar-refractivity contribution in [1.82, 2.24) is 25.9 Å². The summed E-state index contributed by atoms with van der Waals surface area (Å²) in [4.78, 5) is 65.8. The number of nitrogens with one attached hydrogen (secondary N) is 4. The number of H-pyrrole nitrogens is 1. The standard InChI is InChI=1S/C18H28N6O7/c1-3-9(2)15(18(31)21-7-14(27)28)24-17(30)12(5-13(25)26)23-16(29)11(19)4-10-6-20-8-22-10/h6,8-9,11-12,15H,3-5,7,19H2,1-2H3,(H,20,22)(H,21,31)(H,23,29)(H,24,30)(H,25,26)(H,27,28). The highest BCUT2D eigenvalue weighted by molar-refractivity contribution is 5.95. The van der Waals surface area contributed by atoms with E-state index in [-0.39, 0.29) is 12.3 Å². The monoisotopic (exact) mass is 440 g/mol. The maximum atomic E-state index is 12.7. The van der Waals surface area contributed by atoms with Gasteiger partial charge in [-0.15, -0.1) is 0 Å². The Hall–Kier alpha value is -3.48. The minimum atomic E-state index is -1.49. The topological polar surface area (TPSA) is 217 Å². The number of hydrogen-bond donors (Lipinski definition) is 7. The van der Waals surface area contributed by atoms with E-state index in [4.69, 9.17) is 15.9 Å². The molecule has 172 valence electrons. The predicted molar refractivity (Wildman–Crippen MR) is 106 cm³/mol. The van der Waals surface area contributed by atoms with Crippen LogP contribution in [0.25, 0.3) is 0 Å². The molecule has 4 atom stereocenters. The summed E-state index contributed by atoms with van der Waals surface area (Å²) < 4.78 is 0. The Labute approximate surface area is 178 Å². The largest absolute Gasteiger partial charge is 0.481 e. The minimum Gasteiger partial charge on any atom is -0.481 e. The summed E-state index contributed by atoms with van der Waals surface area (Å²) in [5, 5.41) is 24.7. The number of imidazole rings is 1. The zero-order valence-electron chi connectivity index (χ0n) is 17.3. The van der Waals surface area contributed by atoms with Crippen molar-refractivity contribution in [1.29, 1.82) is 0 Å². The van der Waals surface area contributed by atoms with Gasteiger partial charge in [-0.1, -0.05) is 20.3 Å². The van der Waals surface area contributed by atoms with E-state index in [2.05, 4.69) is 25.9 Å². The Kier molecular flexibility index (Phi) is 10.1. The molecule has 0 saturated heterocycles. The summed E-state index contributed by atoms with van der Waals surface area (Å²) in [6.45, 7) is 2.79. The molecule has 0 radical (unpaired) electrons. The Balaban J connectivity index is 2.87. The Morgan fingerprint density at radius 2 is 1.77 bits per heavy atom. The number of carboxylic acid groups (broad SMARTS) is 2. The number of aromatic nitrogens is 2. The summed E-state index contributed by atoms with van der Waals surface area (Å²) in [6, 6.07) is -3.69. The molecule has 1 aromatic rings. The van der Waals surface area contributed by atoms with Crippen LogP contribution in [0.5, 0.6) is 0 Å². The Bertz CT molecular complexity index is 782. The first-order valence-corrected chi connectivity index (χ1v) is 9.60. The van der Waals surface area contributed by atoms with E-state index in [9.17, 15) is 24.0 Å². The van der Waals surface area contributed by atoms with Crippen molar-refractivity contribution < 1.29 is 34.2 Å². The Morgan fingerprint density at radius 3 is 2.29 bits per heavy atom. The molecule has 1 aromatic heterocycles. The highest BCUT2D eigenvalue weighted by atomic mass is 16.4. The maximum Gasteiger partial charge on any atom is 0.322 e. The second-order valence-corrected chi connectivity index (χ2v) is 7.03. The summed E-state index contributed by atoms with van der Waals surface area (Å²) in [5.74, 6) is -5.39. The van der Waals surface area contributed by atoms with Crippen LogP contribution in [0.4, 0.5) is 0 Å². The molecule has 0 fully saturated rings. The van der Waals surface area contributed by atoms with Gasteiger partial charge >= 0.3 is 11.9 Å². The lowest BCUT2D eigenvalue weighted by atomic mass is 9.97. The van der Waals surface area contributed by atoms with Gasteiger partial charge in [0.1, 0.15) is 18.6 Å². The fourth-order valence-corrected chi connectivity index (χ4v) is 2.62. The van der Waals surface area contributed by atoms with Gasteiger partial charge in [-0.25, -0.2) is 4.98 Å². The zero-order chi connectivity index (χ0) is 23.6. The van der Waals surface area contributed by atoms with Gasteiger partial charge in [0.25, 0.3) is 0 Å². The number of nitrogens with zero attached hydrogens (tertiary/aromatic N) is 1. The number of carboxylic acids is 2. The van der Waals surface area contributed by atoms with Gasteiger partial charge in [-0.3, -0.25) is 24.0 Å². The molecule has 4 unspecified atom stereocenters. The summed E-state index contributed by atoms with van der Waals surface area (Å²) >= 11 is 0. The van der Waals surface area contributed by atoms with Crippen molar-refractivity contribution in [2.45, 2.75) is 51.2 Å². The molecular formula is C18H28N6O7. The molecule has 3 amide bonds. The number of carbonyl (C=O) groups excluding carboxylic acids is 3. The average molecular weight is 440 g/mol. The number of amides is 3. The van der Waals surface area contributed by atoms with Gasteiger partial charge in [0.15, 0.2) is 0 Å². The van der Waals surface area contributed by atoms with Crippen molar-refractivity contribution in [3.8, 4) is 0 Å². The second-order valence-electron chi connectivity index (χ2n) is 7.03. The fraction of sp³-hybridized carbons (Fsp3) is 0.556. The van der Waals surface area contributed by atoms with Crippen LogP contribution in [0.15, 0.2) is 12.5 Å². The van der Waals surface area contributed by atoms with Crippen LogP contribution >= 0.6 is 0 Å². The number of nitrogens with two attached hydrogens (primary N) is 1. The van der Waals surface area contributed by atoms with E-state index in [1.165, 1.54) is 12.5 Å². The maximum absolute atomic E-state index is 12.7. The number of aromatic amines is 1. The fourth-order valence-electron chi connectivity index (χ4n) is 2.62. The molecule has 31 heavy (non-hydrogen) atoms. The van der Waals surface area contributed by atoms with Gasteiger partial charge in [0.2, 0.25) is 17.7 Å². The molecule has 0 saturated carbocycles. The molecule has 0 spiro atoms. The minimum absolute atomic E-state index is 0.0837. The van der Waals surface area contributed by atoms with Gasteiger partial charge in [0.05, 0.1) is 18.8 Å². The lowest BCUT2D eigenvalue weighted by Gasteiger charge is -2.26. The third-order valence-corrected chi connectivity index (χ3v) is 4.55. The SMILES string of the molecule is CCC(C)C(NC(=O)C(CC(=O)O)NC(=O)C(N)Cc1cnc[nH]1)C(=O)NCC(=O)O. The van der Waals surface area contributed by atoms with E-state index >= 15 is 0 Å². The number of carbonyl (C=O) groups is 5. The van der Waals surface area contributed by atoms with Gasteiger partial charge < -0.3 is 36.9 Å². The first-order chi connectivity index (χ1) is 14.5. The molecule has 0 aliphatic rings.